The summed E-state index contributed by atoms with van der Waals surface area (Å²) < 4.78 is 9.97. The Kier molecular flexibility index (Phi) is 7.69. The van der Waals surface area contributed by atoms with Crippen molar-refractivity contribution in [3.63, 3.8) is 0 Å². The molecule has 0 bridgehead atoms. The first-order valence-corrected chi connectivity index (χ1v) is 9.02. The maximum atomic E-state index is 10.6. The van der Waals surface area contributed by atoms with E-state index in [0.29, 0.717) is 6.61 Å². The van der Waals surface area contributed by atoms with E-state index in [2.05, 4.69) is 13.1 Å². The van der Waals surface area contributed by atoms with Gasteiger partial charge in [-0.1, -0.05) is 25.2 Å². The summed E-state index contributed by atoms with van der Waals surface area (Å²) in [5.41, 5.74) is 0. The number of hydrogen-bond donors (Lipinski definition) is 0. The molecule has 4 heteroatoms. The van der Waals surface area contributed by atoms with Crippen LogP contribution in [0.3, 0.4) is 0 Å². The zero-order chi connectivity index (χ0) is 11.7. The third-order valence-corrected chi connectivity index (χ3v) is 5.92. The van der Waals surface area contributed by atoms with Crippen molar-refractivity contribution in [1.82, 2.24) is 0 Å². The number of methoxy groups -OCH3 is 1. The molecule has 0 aromatic carbocycles. The maximum absolute atomic E-state index is 10.6. The molecule has 0 aliphatic heterocycles. The van der Waals surface area contributed by atoms with Crippen LogP contribution < -0.4 is 0 Å². The van der Waals surface area contributed by atoms with Gasteiger partial charge in [-0.05, 0) is 12.8 Å². The van der Waals surface area contributed by atoms with Crippen LogP contribution in [0.4, 0.5) is 0 Å². The fraction of sp³-hybridized carbons (Fsp3) is 0.909. The van der Waals surface area contributed by atoms with E-state index in [1.54, 1.807) is 7.11 Å². The first-order chi connectivity index (χ1) is 6.98. The summed E-state index contributed by atoms with van der Waals surface area (Å²) in [4.78, 5) is 10.6. The van der Waals surface area contributed by atoms with E-state index in [1.165, 1.54) is 19.0 Å². The molecule has 0 atom stereocenters. The molecule has 0 aliphatic carbocycles. The van der Waals surface area contributed by atoms with Crippen molar-refractivity contribution in [1.29, 1.82) is 0 Å². The summed E-state index contributed by atoms with van der Waals surface area (Å²) in [6.07, 6.45) is 2.16. The van der Waals surface area contributed by atoms with Gasteiger partial charge in [0, 0.05) is 28.7 Å². The first-order valence-electron chi connectivity index (χ1n) is 5.60. The average molecular weight is 232 g/mol. The summed E-state index contributed by atoms with van der Waals surface area (Å²) in [5.74, 6) is -0.172. The van der Waals surface area contributed by atoms with Crippen molar-refractivity contribution in [2.45, 2.75) is 44.9 Å². The van der Waals surface area contributed by atoms with Crippen molar-refractivity contribution in [2.75, 3.05) is 20.3 Å². The molecule has 0 saturated heterocycles. The van der Waals surface area contributed by atoms with Crippen LogP contribution in [0.5, 0.6) is 0 Å². The van der Waals surface area contributed by atoms with Crippen LogP contribution in [0.25, 0.3) is 0 Å². The van der Waals surface area contributed by atoms with Gasteiger partial charge in [-0.15, -0.1) is 0 Å². The van der Waals surface area contributed by atoms with Gasteiger partial charge in [-0.2, -0.15) is 0 Å². The van der Waals surface area contributed by atoms with Gasteiger partial charge in [-0.3, -0.25) is 4.79 Å². The molecule has 0 fully saturated rings. The van der Waals surface area contributed by atoms with Gasteiger partial charge in [0.25, 0.3) is 0 Å². The number of carbonyl (C=O) groups is 1. The van der Waals surface area contributed by atoms with Crippen LogP contribution in [0.15, 0.2) is 0 Å². The van der Waals surface area contributed by atoms with Crippen LogP contribution >= 0.6 is 0 Å². The third-order valence-electron chi connectivity index (χ3n) is 2.51. The van der Waals surface area contributed by atoms with E-state index < -0.39 is 8.07 Å². The molecule has 15 heavy (non-hydrogen) atoms. The standard InChI is InChI=1S/C11H24O3Si/c1-11(12)14-8-6-10-15(3,4)9-5-7-13-2/h5-10H2,1-4H3. The molecule has 0 spiro atoms. The number of carbonyl (C=O) groups excluding carboxylic acids is 1. The number of ether oxygens (including phenoxy) is 2. The lowest BCUT2D eigenvalue weighted by molar-refractivity contribution is -0.140. The zero-order valence-electron chi connectivity index (χ0n) is 10.5. The average Bonchev–Trinajstić information content (AvgIpc) is 2.13. The second-order valence-electron chi connectivity index (χ2n) is 4.70. The summed E-state index contributed by atoms with van der Waals surface area (Å²) in [5, 5.41) is 0. The number of hydrogen-bond acceptors (Lipinski definition) is 3. The fourth-order valence-electron chi connectivity index (χ4n) is 1.59. The number of rotatable bonds is 8. The van der Waals surface area contributed by atoms with E-state index in [4.69, 9.17) is 9.47 Å². The summed E-state index contributed by atoms with van der Waals surface area (Å²) >= 11 is 0. The predicted octanol–water partition coefficient (Wildman–Crippen LogP) is 2.68. The first kappa shape index (κ1) is 14.6. The van der Waals surface area contributed by atoms with E-state index >= 15 is 0 Å². The molecule has 0 N–H and O–H groups in total. The molecule has 0 aromatic heterocycles. The van der Waals surface area contributed by atoms with Gasteiger partial charge in [0.2, 0.25) is 0 Å². The van der Waals surface area contributed by atoms with E-state index in [0.717, 1.165) is 19.4 Å². The van der Waals surface area contributed by atoms with Gasteiger partial charge < -0.3 is 9.47 Å². The van der Waals surface area contributed by atoms with Crippen LogP contribution in [-0.4, -0.2) is 34.4 Å². The molecular weight excluding hydrogens is 208 g/mol. The van der Waals surface area contributed by atoms with Gasteiger partial charge in [0.05, 0.1) is 6.61 Å². The van der Waals surface area contributed by atoms with Crippen LogP contribution in [-0.2, 0) is 14.3 Å². The number of esters is 1. The Morgan fingerprint density at radius 2 is 1.67 bits per heavy atom. The Balaban J connectivity index is 3.50. The highest BCUT2D eigenvalue weighted by atomic mass is 28.3. The van der Waals surface area contributed by atoms with E-state index in [-0.39, 0.29) is 5.97 Å². The molecule has 0 unspecified atom stereocenters. The Labute approximate surface area is 94.2 Å². The van der Waals surface area contributed by atoms with Gasteiger partial charge in [0.15, 0.2) is 0 Å². The van der Waals surface area contributed by atoms with Gasteiger partial charge in [0.1, 0.15) is 0 Å². The highest BCUT2D eigenvalue weighted by Crippen LogP contribution is 2.19. The Bertz CT molecular complexity index is 181. The van der Waals surface area contributed by atoms with Crippen LogP contribution in [0, 0.1) is 0 Å². The Morgan fingerprint density at radius 1 is 1.13 bits per heavy atom. The molecule has 0 rings (SSSR count). The van der Waals surface area contributed by atoms with E-state index in [9.17, 15) is 4.79 Å². The second-order valence-corrected chi connectivity index (χ2v) is 10.0. The van der Waals surface area contributed by atoms with E-state index in [1.807, 2.05) is 0 Å². The van der Waals surface area contributed by atoms with Crippen LogP contribution in [0.1, 0.15) is 19.8 Å². The third kappa shape index (κ3) is 9.94. The normalized spacial score (nSPS) is 11.5. The lowest BCUT2D eigenvalue weighted by Crippen LogP contribution is -2.25. The molecule has 0 aromatic rings. The maximum Gasteiger partial charge on any atom is 0.302 e. The highest BCUT2D eigenvalue weighted by Gasteiger charge is 2.19. The Hall–Kier alpha value is -0.353. The molecule has 0 heterocycles. The fourth-order valence-corrected chi connectivity index (χ4v) is 4.04. The minimum Gasteiger partial charge on any atom is -0.466 e. The van der Waals surface area contributed by atoms with Crippen molar-refractivity contribution in [3.05, 3.63) is 0 Å². The van der Waals surface area contributed by atoms with Crippen molar-refractivity contribution in [2.24, 2.45) is 0 Å². The second kappa shape index (κ2) is 7.88. The highest BCUT2D eigenvalue weighted by molar-refractivity contribution is 6.77. The lowest BCUT2D eigenvalue weighted by atomic mass is 10.5. The molecule has 90 valence electrons. The van der Waals surface area contributed by atoms with Gasteiger partial charge in [-0.25, -0.2) is 0 Å². The molecule has 0 aliphatic rings. The largest absolute Gasteiger partial charge is 0.466 e. The molecule has 3 nitrogen and oxygen atoms in total. The quantitative estimate of drug-likeness (QED) is 0.367. The molecule has 0 amide bonds. The minimum atomic E-state index is -1.08. The van der Waals surface area contributed by atoms with Crippen molar-refractivity contribution in [3.8, 4) is 0 Å². The van der Waals surface area contributed by atoms with Crippen LogP contribution in [0.2, 0.25) is 25.2 Å². The molecule has 0 radical (unpaired) electrons. The summed E-state index contributed by atoms with van der Waals surface area (Å²) in [6.45, 7) is 7.67. The Morgan fingerprint density at radius 3 is 2.13 bits per heavy atom. The zero-order valence-corrected chi connectivity index (χ0v) is 11.5. The van der Waals surface area contributed by atoms with Crippen molar-refractivity contribution >= 4 is 14.0 Å². The monoisotopic (exact) mass is 232 g/mol. The predicted molar refractivity (Wildman–Crippen MR) is 64.8 cm³/mol. The van der Waals surface area contributed by atoms with Gasteiger partial charge >= 0.3 is 5.97 Å². The smallest absolute Gasteiger partial charge is 0.302 e. The molecule has 0 saturated carbocycles. The van der Waals surface area contributed by atoms with Crippen molar-refractivity contribution < 1.29 is 14.3 Å². The topological polar surface area (TPSA) is 35.5 Å². The molecular formula is C11H24O3Si. The SMILES string of the molecule is COCCC[Si](C)(C)CCCOC(C)=O. The summed E-state index contributed by atoms with van der Waals surface area (Å²) in [6, 6.07) is 2.52. The lowest BCUT2D eigenvalue weighted by Gasteiger charge is -2.21. The summed E-state index contributed by atoms with van der Waals surface area (Å²) in [7, 11) is 0.661. The minimum absolute atomic E-state index is 0.172.